The van der Waals surface area contributed by atoms with Crippen molar-refractivity contribution < 1.29 is 28.4 Å². The summed E-state index contributed by atoms with van der Waals surface area (Å²) in [5, 5.41) is 10.9. The van der Waals surface area contributed by atoms with Gasteiger partial charge in [0.15, 0.2) is 5.22 Å². The molecule has 0 saturated carbocycles. The summed E-state index contributed by atoms with van der Waals surface area (Å²) in [7, 11) is 0. The van der Waals surface area contributed by atoms with E-state index >= 15 is 0 Å². The number of carbonyl (C=O) groups excluding carboxylic acids is 3. The van der Waals surface area contributed by atoms with Crippen LogP contribution in [-0.2, 0) is 20.8 Å². The van der Waals surface area contributed by atoms with Crippen LogP contribution in [0.3, 0.4) is 0 Å². The Morgan fingerprint density at radius 2 is 1.93 bits per heavy atom. The number of imide groups is 1. The minimum Gasteiger partial charge on any atom is -0.445 e. The van der Waals surface area contributed by atoms with Gasteiger partial charge in [0.25, 0.3) is 5.91 Å². The number of amides is 3. The lowest BCUT2D eigenvalue weighted by atomic mass is 9.94. The summed E-state index contributed by atoms with van der Waals surface area (Å²) >= 11 is 5.79. The van der Waals surface area contributed by atoms with E-state index < -0.39 is 23.5 Å². The van der Waals surface area contributed by atoms with E-state index in [0.717, 1.165) is 0 Å². The number of hydroxylamine groups is 1. The number of carbonyl (C=O) groups is 3. The number of hydrogen-bond acceptors (Lipinski definition) is 5. The van der Waals surface area contributed by atoms with Crippen molar-refractivity contribution >= 4 is 41.0 Å². The maximum Gasteiger partial charge on any atom is 0.258 e. The fourth-order valence-corrected chi connectivity index (χ4v) is 3.06. The van der Waals surface area contributed by atoms with E-state index in [1.807, 2.05) is 0 Å². The number of rotatable bonds is 9. The zero-order valence-electron chi connectivity index (χ0n) is 16.3. The van der Waals surface area contributed by atoms with Crippen LogP contribution in [0.1, 0.15) is 49.5 Å². The molecular formula is C21H22ClFN2O5. The molecule has 1 aromatic heterocycles. The van der Waals surface area contributed by atoms with Crippen molar-refractivity contribution in [1.29, 1.82) is 0 Å². The van der Waals surface area contributed by atoms with Gasteiger partial charge in [-0.3, -0.25) is 24.9 Å². The van der Waals surface area contributed by atoms with Crippen molar-refractivity contribution in [3.8, 4) is 0 Å². The van der Waals surface area contributed by atoms with Crippen molar-refractivity contribution in [3.63, 3.8) is 0 Å². The van der Waals surface area contributed by atoms with Crippen molar-refractivity contribution in [2.75, 3.05) is 0 Å². The summed E-state index contributed by atoms with van der Waals surface area (Å²) in [5.41, 5.74) is 2.73. The molecule has 0 aliphatic heterocycles. The molecule has 0 radical (unpaired) electrons. The van der Waals surface area contributed by atoms with E-state index in [-0.39, 0.29) is 17.2 Å². The van der Waals surface area contributed by atoms with Crippen LogP contribution >= 0.6 is 11.6 Å². The molecule has 2 rings (SSSR count). The molecule has 160 valence electrons. The normalized spacial score (nSPS) is 11.3. The van der Waals surface area contributed by atoms with E-state index in [1.165, 1.54) is 37.3 Å². The molecule has 2 aromatic rings. The van der Waals surface area contributed by atoms with Gasteiger partial charge in [-0.25, -0.2) is 9.87 Å². The second-order valence-electron chi connectivity index (χ2n) is 6.61. The van der Waals surface area contributed by atoms with E-state index in [1.54, 1.807) is 11.5 Å². The Morgan fingerprint density at radius 3 is 2.57 bits per heavy atom. The van der Waals surface area contributed by atoms with Crippen LogP contribution in [-0.4, -0.2) is 22.9 Å². The van der Waals surface area contributed by atoms with Crippen LogP contribution in [0.4, 0.5) is 4.39 Å². The molecule has 0 spiro atoms. The highest BCUT2D eigenvalue weighted by Gasteiger charge is 2.18. The standard InChI is InChI=1S/C21H22ClFN2O5/c1-13(26)24-21(28)18(12-16-8-10-19(22)30-16)17-9-7-15(23)11-14(17)5-3-2-4-6-20(27)25-29/h7-12,29H,2-6H2,1H3,(H,25,27)(H,24,26,28). The molecular weight excluding hydrogens is 415 g/mol. The fourth-order valence-electron chi connectivity index (χ4n) is 2.91. The monoisotopic (exact) mass is 436 g/mol. The van der Waals surface area contributed by atoms with Gasteiger partial charge in [-0.05, 0) is 72.3 Å². The second-order valence-corrected chi connectivity index (χ2v) is 6.98. The van der Waals surface area contributed by atoms with Gasteiger partial charge >= 0.3 is 0 Å². The van der Waals surface area contributed by atoms with Crippen LogP contribution in [0.2, 0.25) is 5.22 Å². The van der Waals surface area contributed by atoms with Crippen molar-refractivity contribution in [2.45, 2.75) is 39.0 Å². The van der Waals surface area contributed by atoms with Gasteiger partial charge in [0, 0.05) is 13.3 Å². The SMILES string of the molecule is CC(=O)NC(=O)C(=Cc1ccc(Cl)o1)c1ccc(F)cc1CCCCCC(=O)NO. The molecule has 0 unspecified atom stereocenters. The minimum absolute atomic E-state index is 0.130. The summed E-state index contributed by atoms with van der Waals surface area (Å²) in [5.74, 6) is -1.80. The van der Waals surface area contributed by atoms with E-state index in [4.69, 9.17) is 21.2 Å². The average molecular weight is 437 g/mol. The van der Waals surface area contributed by atoms with Gasteiger partial charge in [0.05, 0.1) is 5.57 Å². The van der Waals surface area contributed by atoms with Gasteiger partial charge in [0.1, 0.15) is 11.6 Å². The summed E-state index contributed by atoms with van der Waals surface area (Å²) in [6.45, 7) is 1.22. The Morgan fingerprint density at radius 1 is 1.17 bits per heavy atom. The summed E-state index contributed by atoms with van der Waals surface area (Å²) in [6, 6.07) is 7.12. The number of furan rings is 1. The van der Waals surface area contributed by atoms with Crippen LogP contribution in [0, 0.1) is 5.82 Å². The molecule has 0 aliphatic rings. The van der Waals surface area contributed by atoms with Gasteiger partial charge in [-0.15, -0.1) is 0 Å². The van der Waals surface area contributed by atoms with E-state index in [2.05, 4.69) is 5.32 Å². The molecule has 0 saturated heterocycles. The predicted octanol–water partition coefficient (Wildman–Crippen LogP) is 3.88. The number of benzene rings is 1. The van der Waals surface area contributed by atoms with Crippen molar-refractivity contribution in [1.82, 2.24) is 10.8 Å². The molecule has 1 aromatic carbocycles. The second kappa shape index (κ2) is 11.3. The molecule has 0 atom stereocenters. The molecule has 7 nitrogen and oxygen atoms in total. The lowest BCUT2D eigenvalue weighted by Gasteiger charge is -2.13. The molecule has 1 heterocycles. The quantitative estimate of drug-likeness (QED) is 0.239. The topological polar surface area (TPSA) is 109 Å². The third kappa shape index (κ3) is 7.13. The molecule has 0 fully saturated rings. The molecule has 3 N–H and O–H groups in total. The number of halogens is 2. The lowest BCUT2D eigenvalue weighted by Crippen LogP contribution is -2.29. The highest BCUT2D eigenvalue weighted by molar-refractivity contribution is 6.29. The summed E-state index contributed by atoms with van der Waals surface area (Å²) in [6.07, 6.45) is 3.90. The maximum atomic E-state index is 13.9. The Kier molecular flexibility index (Phi) is 8.76. The Labute approximate surface area is 177 Å². The van der Waals surface area contributed by atoms with Gasteiger partial charge in [0.2, 0.25) is 11.8 Å². The molecule has 0 aliphatic carbocycles. The maximum absolute atomic E-state index is 13.9. The van der Waals surface area contributed by atoms with Gasteiger partial charge in [-0.1, -0.05) is 12.5 Å². The third-order valence-corrected chi connectivity index (χ3v) is 4.45. The molecule has 30 heavy (non-hydrogen) atoms. The first-order chi connectivity index (χ1) is 14.3. The van der Waals surface area contributed by atoms with Crippen molar-refractivity contribution in [3.05, 3.63) is 58.3 Å². The van der Waals surface area contributed by atoms with Crippen molar-refractivity contribution in [2.24, 2.45) is 0 Å². The Bertz CT molecular complexity index is 955. The smallest absolute Gasteiger partial charge is 0.258 e. The summed E-state index contributed by atoms with van der Waals surface area (Å²) < 4.78 is 19.2. The summed E-state index contributed by atoms with van der Waals surface area (Å²) in [4.78, 5) is 35.1. The predicted molar refractivity (Wildman–Crippen MR) is 109 cm³/mol. The fraction of sp³-hybridized carbons (Fsp3) is 0.286. The number of hydrogen-bond donors (Lipinski definition) is 3. The lowest BCUT2D eigenvalue weighted by molar-refractivity contribution is -0.129. The van der Waals surface area contributed by atoms with Crippen LogP contribution in [0.5, 0.6) is 0 Å². The number of nitrogens with one attached hydrogen (secondary N) is 2. The third-order valence-electron chi connectivity index (χ3n) is 4.25. The highest BCUT2D eigenvalue weighted by atomic mass is 35.5. The Balaban J connectivity index is 2.29. The number of aryl methyl sites for hydroxylation is 1. The van der Waals surface area contributed by atoms with Crippen LogP contribution < -0.4 is 10.8 Å². The number of unbranched alkanes of at least 4 members (excludes halogenated alkanes) is 2. The zero-order valence-corrected chi connectivity index (χ0v) is 17.1. The van der Waals surface area contributed by atoms with E-state index in [0.29, 0.717) is 42.6 Å². The average Bonchev–Trinajstić information content (AvgIpc) is 3.10. The zero-order chi connectivity index (χ0) is 22.1. The molecule has 3 amide bonds. The first kappa shape index (κ1) is 23.3. The first-order valence-electron chi connectivity index (χ1n) is 9.31. The largest absolute Gasteiger partial charge is 0.445 e. The van der Waals surface area contributed by atoms with Crippen LogP contribution in [0.15, 0.2) is 34.7 Å². The molecule has 0 bridgehead atoms. The minimum atomic E-state index is -0.650. The first-order valence-corrected chi connectivity index (χ1v) is 9.68. The molecule has 9 heteroatoms. The van der Waals surface area contributed by atoms with E-state index in [9.17, 15) is 18.8 Å². The van der Waals surface area contributed by atoms with Gasteiger partial charge < -0.3 is 4.42 Å². The highest BCUT2D eigenvalue weighted by Crippen LogP contribution is 2.26. The van der Waals surface area contributed by atoms with Crippen LogP contribution in [0.25, 0.3) is 11.6 Å². The Hall–Kier alpha value is -2.97. The van der Waals surface area contributed by atoms with Gasteiger partial charge in [-0.2, -0.15) is 0 Å².